The Hall–Kier alpha value is -3.58. The standard InChI is InChI=1S/C24H20ClNO6/c1-11-16-8-18-19(14-4-6-15(25)7-5-14)10-31-21(18)12(2)22(16)32-24(30)17(11)9-20(27)26-13(3)23(28)29/h4-8,10,13H,9H2,1-3H3,(H,26,27)(H,28,29)/t13-/m1/s1. The van der Waals surface area contributed by atoms with E-state index in [0.717, 1.165) is 16.5 Å². The Morgan fingerprint density at radius 1 is 1.09 bits per heavy atom. The van der Waals surface area contributed by atoms with Crippen LogP contribution in [0.3, 0.4) is 0 Å². The summed E-state index contributed by atoms with van der Waals surface area (Å²) in [6.07, 6.45) is 1.36. The maximum absolute atomic E-state index is 12.6. The van der Waals surface area contributed by atoms with E-state index in [4.69, 9.17) is 25.5 Å². The third kappa shape index (κ3) is 3.76. The molecule has 1 atom stereocenters. The molecule has 4 aromatic rings. The third-order valence-electron chi connectivity index (χ3n) is 5.58. The van der Waals surface area contributed by atoms with Crippen molar-refractivity contribution in [2.45, 2.75) is 33.2 Å². The zero-order valence-corrected chi connectivity index (χ0v) is 18.4. The van der Waals surface area contributed by atoms with Gasteiger partial charge >= 0.3 is 11.6 Å². The molecular weight excluding hydrogens is 434 g/mol. The lowest BCUT2D eigenvalue weighted by Gasteiger charge is -2.12. The first-order valence-electron chi connectivity index (χ1n) is 9.92. The number of fused-ring (bicyclic) bond motifs is 2. The molecule has 4 rings (SSSR count). The lowest BCUT2D eigenvalue weighted by Crippen LogP contribution is -2.39. The molecule has 2 aromatic heterocycles. The number of halogens is 1. The first kappa shape index (κ1) is 21.6. The molecule has 0 spiro atoms. The number of nitrogens with one attached hydrogen (secondary N) is 1. The van der Waals surface area contributed by atoms with Gasteiger partial charge in [-0.2, -0.15) is 0 Å². The average molecular weight is 454 g/mol. The minimum absolute atomic E-state index is 0.183. The second-order valence-corrected chi connectivity index (χ2v) is 8.14. The largest absolute Gasteiger partial charge is 0.480 e. The molecular formula is C24H20ClNO6. The van der Waals surface area contributed by atoms with Crippen molar-refractivity contribution in [1.29, 1.82) is 0 Å². The van der Waals surface area contributed by atoms with Gasteiger partial charge in [-0.1, -0.05) is 23.7 Å². The maximum Gasteiger partial charge on any atom is 0.340 e. The van der Waals surface area contributed by atoms with Crippen LogP contribution >= 0.6 is 11.6 Å². The summed E-state index contributed by atoms with van der Waals surface area (Å²) >= 11 is 6.01. The van der Waals surface area contributed by atoms with Gasteiger partial charge in [-0.3, -0.25) is 9.59 Å². The van der Waals surface area contributed by atoms with Gasteiger partial charge in [-0.25, -0.2) is 4.79 Å². The molecule has 0 aliphatic heterocycles. The number of aryl methyl sites for hydroxylation is 2. The number of carbonyl (C=O) groups is 2. The van der Waals surface area contributed by atoms with E-state index in [2.05, 4.69) is 5.32 Å². The lowest BCUT2D eigenvalue weighted by atomic mass is 9.97. The van der Waals surface area contributed by atoms with E-state index < -0.39 is 23.5 Å². The van der Waals surface area contributed by atoms with Crippen LogP contribution in [0.1, 0.15) is 23.6 Å². The Labute approximate surface area is 187 Å². The second-order valence-electron chi connectivity index (χ2n) is 7.71. The first-order chi connectivity index (χ1) is 15.2. The zero-order chi connectivity index (χ0) is 23.2. The van der Waals surface area contributed by atoms with Gasteiger partial charge in [-0.05, 0) is 50.1 Å². The van der Waals surface area contributed by atoms with Gasteiger partial charge in [-0.15, -0.1) is 0 Å². The number of rotatable bonds is 5. The van der Waals surface area contributed by atoms with Gasteiger partial charge < -0.3 is 19.3 Å². The monoisotopic (exact) mass is 453 g/mol. The number of amides is 1. The highest BCUT2D eigenvalue weighted by atomic mass is 35.5. The van der Waals surface area contributed by atoms with E-state index in [0.29, 0.717) is 32.7 Å². The highest BCUT2D eigenvalue weighted by Crippen LogP contribution is 2.37. The van der Waals surface area contributed by atoms with E-state index >= 15 is 0 Å². The summed E-state index contributed by atoms with van der Waals surface area (Å²) < 4.78 is 11.4. The molecule has 0 fully saturated rings. The summed E-state index contributed by atoms with van der Waals surface area (Å²) in [5, 5.41) is 13.5. The molecule has 32 heavy (non-hydrogen) atoms. The van der Waals surface area contributed by atoms with Crippen molar-refractivity contribution in [2.24, 2.45) is 0 Å². The van der Waals surface area contributed by atoms with E-state index in [-0.39, 0.29) is 12.0 Å². The van der Waals surface area contributed by atoms with Crippen LogP contribution in [0.2, 0.25) is 5.02 Å². The highest BCUT2D eigenvalue weighted by molar-refractivity contribution is 6.30. The number of carboxylic acids is 1. The van der Waals surface area contributed by atoms with Crippen molar-refractivity contribution in [3.8, 4) is 11.1 Å². The number of carboxylic acid groups (broad SMARTS) is 1. The number of benzene rings is 2. The Kier molecular flexibility index (Phi) is 5.52. The van der Waals surface area contributed by atoms with Crippen molar-refractivity contribution in [3.63, 3.8) is 0 Å². The normalized spacial score (nSPS) is 12.2. The van der Waals surface area contributed by atoms with Crippen LogP contribution in [0.25, 0.3) is 33.1 Å². The molecule has 1 amide bonds. The molecule has 0 aliphatic rings. The summed E-state index contributed by atoms with van der Waals surface area (Å²) in [5.74, 6) is -1.73. The van der Waals surface area contributed by atoms with Gasteiger partial charge in [0, 0.05) is 26.9 Å². The highest BCUT2D eigenvalue weighted by Gasteiger charge is 2.21. The van der Waals surface area contributed by atoms with Crippen molar-refractivity contribution in [1.82, 2.24) is 5.32 Å². The van der Waals surface area contributed by atoms with Crippen molar-refractivity contribution in [2.75, 3.05) is 0 Å². The quantitative estimate of drug-likeness (QED) is 0.427. The van der Waals surface area contributed by atoms with Crippen LogP contribution in [-0.4, -0.2) is 23.0 Å². The molecule has 7 nitrogen and oxygen atoms in total. The molecule has 2 heterocycles. The Morgan fingerprint density at radius 2 is 1.78 bits per heavy atom. The predicted molar refractivity (Wildman–Crippen MR) is 121 cm³/mol. The molecule has 164 valence electrons. The van der Waals surface area contributed by atoms with Gasteiger partial charge in [0.25, 0.3) is 0 Å². The number of carbonyl (C=O) groups excluding carboxylic acids is 1. The maximum atomic E-state index is 12.6. The van der Waals surface area contributed by atoms with Crippen molar-refractivity contribution < 1.29 is 23.5 Å². The van der Waals surface area contributed by atoms with Crippen LogP contribution in [0.5, 0.6) is 0 Å². The van der Waals surface area contributed by atoms with Gasteiger partial charge in [0.05, 0.1) is 18.2 Å². The van der Waals surface area contributed by atoms with Gasteiger partial charge in [0.2, 0.25) is 5.91 Å². The SMILES string of the molecule is Cc1c(CC(=O)N[C@H](C)C(=O)O)c(=O)oc2c(C)c3occ(-c4ccc(Cl)cc4)c3cc12. The van der Waals surface area contributed by atoms with Crippen LogP contribution in [-0.2, 0) is 16.0 Å². The van der Waals surface area contributed by atoms with Crippen LogP contribution in [0.15, 0.2) is 50.2 Å². The predicted octanol–water partition coefficient (Wildman–Crippen LogP) is 4.61. The third-order valence-corrected chi connectivity index (χ3v) is 5.83. The molecule has 0 saturated carbocycles. The summed E-state index contributed by atoms with van der Waals surface area (Å²) in [6.45, 7) is 4.91. The molecule has 2 aromatic carbocycles. The minimum Gasteiger partial charge on any atom is -0.480 e. The average Bonchev–Trinajstić information content (AvgIpc) is 3.17. The Balaban J connectivity index is 1.85. The zero-order valence-electron chi connectivity index (χ0n) is 17.6. The van der Waals surface area contributed by atoms with Crippen LogP contribution in [0.4, 0.5) is 0 Å². The fourth-order valence-electron chi connectivity index (χ4n) is 3.77. The number of aliphatic carboxylic acids is 1. The van der Waals surface area contributed by atoms with Gasteiger partial charge in [0.1, 0.15) is 17.2 Å². The Morgan fingerprint density at radius 3 is 2.44 bits per heavy atom. The van der Waals surface area contributed by atoms with Crippen LogP contribution < -0.4 is 10.9 Å². The smallest absolute Gasteiger partial charge is 0.340 e. The fraction of sp³-hybridized carbons (Fsp3) is 0.208. The van der Waals surface area contributed by atoms with Crippen molar-refractivity contribution in [3.05, 3.63) is 68.7 Å². The summed E-state index contributed by atoms with van der Waals surface area (Å²) in [7, 11) is 0. The molecule has 0 saturated heterocycles. The van der Waals surface area contributed by atoms with Gasteiger partial charge in [0.15, 0.2) is 0 Å². The summed E-state index contributed by atoms with van der Waals surface area (Å²) in [6, 6.07) is 8.19. The molecule has 0 radical (unpaired) electrons. The Bertz CT molecular complexity index is 1430. The summed E-state index contributed by atoms with van der Waals surface area (Å²) in [5.41, 5.74) is 3.59. The molecule has 8 heteroatoms. The number of hydrogen-bond donors (Lipinski definition) is 2. The number of furan rings is 1. The molecule has 0 aliphatic carbocycles. The minimum atomic E-state index is -1.16. The molecule has 0 unspecified atom stereocenters. The topological polar surface area (TPSA) is 110 Å². The first-order valence-corrected chi connectivity index (χ1v) is 10.3. The van der Waals surface area contributed by atoms with E-state index in [1.165, 1.54) is 6.92 Å². The van der Waals surface area contributed by atoms with E-state index in [1.54, 1.807) is 25.3 Å². The van der Waals surface area contributed by atoms with Crippen molar-refractivity contribution >= 4 is 45.4 Å². The number of hydrogen-bond acceptors (Lipinski definition) is 5. The molecule has 0 bridgehead atoms. The summed E-state index contributed by atoms with van der Waals surface area (Å²) in [4.78, 5) is 35.9. The van der Waals surface area contributed by atoms with E-state index in [9.17, 15) is 14.4 Å². The van der Waals surface area contributed by atoms with Crippen LogP contribution in [0, 0.1) is 13.8 Å². The fourth-order valence-corrected chi connectivity index (χ4v) is 3.89. The second kappa shape index (κ2) is 8.16. The lowest BCUT2D eigenvalue weighted by molar-refractivity contribution is -0.141. The molecule has 2 N–H and O–H groups in total. The van der Waals surface area contributed by atoms with E-state index in [1.807, 2.05) is 25.1 Å².